The largest absolute Gasteiger partial charge is 0.481 e. The number of hydrogen-bond acceptors (Lipinski definition) is 10. The predicted octanol–water partition coefficient (Wildman–Crippen LogP) is 3.13. The highest BCUT2D eigenvalue weighted by molar-refractivity contribution is 7.93. The van der Waals surface area contributed by atoms with Crippen LogP contribution in [-0.2, 0) is 29.6 Å². The van der Waals surface area contributed by atoms with Gasteiger partial charge in [-0.15, -0.1) is 11.3 Å². The van der Waals surface area contributed by atoms with Crippen molar-refractivity contribution in [3.63, 3.8) is 0 Å². The topological polar surface area (TPSA) is 215 Å². The number of anilines is 3. The van der Waals surface area contributed by atoms with E-state index in [9.17, 15) is 31.2 Å². The fraction of sp³-hybridized carbons (Fsp3) is 0.0769. The molecule has 2 amide bonds. The SMILES string of the molecule is Nc1ccc(S(=O)(=O)NC(=O)c2ccccc2)cc1.O=C(O)CCC(=O)Nc1ccc(S(=O)(=O)Nc2nccs2)cc1. The van der Waals surface area contributed by atoms with Gasteiger partial charge < -0.3 is 16.2 Å². The number of rotatable bonds is 10. The highest BCUT2D eigenvalue weighted by atomic mass is 32.2. The molecule has 0 saturated heterocycles. The lowest BCUT2D eigenvalue weighted by atomic mass is 10.2. The molecule has 220 valence electrons. The molecule has 13 nitrogen and oxygen atoms in total. The van der Waals surface area contributed by atoms with E-state index in [4.69, 9.17) is 10.8 Å². The van der Waals surface area contributed by atoms with E-state index in [2.05, 4.69) is 15.0 Å². The third kappa shape index (κ3) is 9.69. The number of sulfonamides is 2. The Bertz CT molecular complexity index is 1730. The standard InChI is InChI=1S/C13H13N3O5S2.C13H12N2O3S/c17-11(5-6-12(18)19)15-9-1-3-10(4-2-9)23(20,21)16-13-14-7-8-22-13;14-11-6-8-12(9-7-11)19(17,18)15-13(16)10-4-2-1-3-5-10/h1-4,7-8H,5-6H2,(H,14,16)(H,15,17)(H,18,19);1-9H,14H2,(H,15,16). The third-order valence-corrected chi connectivity index (χ3v) is 8.64. The first kappa shape index (κ1) is 31.7. The van der Waals surface area contributed by atoms with Gasteiger partial charge in [-0.05, 0) is 60.7 Å². The molecular formula is C26H25N5O8S3. The minimum Gasteiger partial charge on any atom is -0.481 e. The fourth-order valence-electron chi connectivity index (χ4n) is 3.09. The van der Waals surface area contributed by atoms with Crippen LogP contribution in [-0.4, -0.2) is 44.7 Å². The van der Waals surface area contributed by atoms with Crippen LogP contribution < -0.4 is 20.5 Å². The highest BCUT2D eigenvalue weighted by Gasteiger charge is 2.18. The Balaban J connectivity index is 0.000000235. The van der Waals surface area contributed by atoms with Crippen LogP contribution in [0.3, 0.4) is 0 Å². The Hall–Kier alpha value is -4.80. The normalized spacial score (nSPS) is 11.0. The zero-order valence-electron chi connectivity index (χ0n) is 21.6. The summed E-state index contributed by atoms with van der Waals surface area (Å²) in [4.78, 5) is 37.5. The molecule has 0 saturated carbocycles. The van der Waals surface area contributed by atoms with Crippen molar-refractivity contribution in [2.75, 3.05) is 15.8 Å². The second kappa shape index (κ2) is 14.2. The number of carboxylic acid groups (broad SMARTS) is 1. The number of benzene rings is 3. The number of aliphatic carboxylic acids is 1. The predicted molar refractivity (Wildman–Crippen MR) is 157 cm³/mol. The van der Waals surface area contributed by atoms with Crippen molar-refractivity contribution in [1.82, 2.24) is 9.71 Å². The van der Waals surface area contributed by atoms with E-state index < -0.39 is 37.8 Å². The third-order valence-electron chi connectivity index (χ3n) is 5.12. The van der Waals surface area contributed by atoms with Gasteiger partial charge >= 0.3 is 5.97 Å². The summed E-state index contributed by atoms with van der Waals surface area (Å²) in [5.74, 6) is -2.18. The van der Waals surface area contributed by atoms with E-state index in [0.29, 0.717) is 11.4 Å². The Morgan fingerprint density at radius 3 is 1.98 bits per heavy atom. The highest BCUT2D eigenvalue weighted by Crippen LogP contribution is 2.19. The summed E-state index contributed by atoms with van der Waals surface area (Å²) in [5.41, 5.74) is 6.59. The summed E-state index contributed by atoms with van der Waals surface area (Å²) in [5, 5.41) is 12.9. The minimum absolute atomic E-state index is 0.00835. The van der Waals surface area contributed by atoms with Crippen molar-refractivity contribution in [2.45, 2.75) is 22.6 Å². The molecule has 0 radical (unpaired) electrons. The first-order valence-corrected chi connectivity index (χ1v) is 15.7. The molecule has 0 atom stereocenters. The Morgan fingerprint density at radius 2 is 1.40 bits per heavy atom. The quantitative estimate of drug-likeness (QED) is 0.161. The molecule has 0 spiro atoms. The molecule has 1 aromatic heterocycles. The van der Waals surface area contributed by atoms with E-state index in [0.717, 1.165) is 11.3 Å². The summed E-state index contributed by atoms with van der Waals surface area (Å²) in [6.07, 6.45) is 1.06. The number of nitrogens with zero attached hydrogens (tertiary/aromatic N) is 1. The van der Waals surface area contributed by atoms with Gasteiger partial charge in [-0.2, -0.15) is 0 Å². The summed E-state index contributed by atoms with van der Waals surface area (Å²) in [7, 11) is -7.62. The molecular weight excluding hydrogens is 607 g/mol. The molecule has 0 fully saturated rings. The minimum atomic E-state index is -3.88. The van der Waals surface area contributed by atoms with Crippen LogP contribution in [0.5, 0.6) is 0 Å². The first-order valence-electron chi connectivity index (χ1n) is 11.9. The van der Waals surface area contributed by atoms with Crippen molar-refractivity contribution in [2.24, 2.45) is 0 Å². The maximum atomic E-state index is 12.1. The van der Waals surface area contributed by atoms with E-state index in [-0.39, 0.29) is 33.3 Å². The van der Waals surface area contributed by atoms with E-state index in [1.807, 2.05) is 4.72 Å². The van der Waals surface area contributed by atoms with Crippen molar-refractivity contribution < 1.29 is 36.3 Å². The molecule has 3 aromatic carbocycles. The molecule has 0 bridgehead atoms. The van der Waals surface area contributed by atoms with Gasteiger partial charge in [0, 0.05) is 34.9 Å². The number of aromatic nitrogens is 1. The van der Waals surface area contributed by atoms with Gasteiger partial charge in [0.25, 0.3) is 26.0 Å². The summed E-state index contributed by atoms with van der Waals surface area (Å²) < 4.78 is 52.5. The molecule has 0 aliphatic carbocycles. The number of nitrogen functional groups attached to an aromatic ring is 1. The summed E-state index contributed by atoms with van der Waals surface area (Å²) >= 11 is 1.16. The van der Waals surface area contributed by atoms with Gasteiger partial charge in [0.15, 0.2) is 5.13 Å². The van der Waals surface area contributed by atoms with Gasteiger partial charge in [0.1, 0.15) is 0 Å². The lowest BCUT2D eigenvalue weighted by Gasteiger charge is -2.07. The number of carbonyl (C=O) groups is 3. The zero-order valence-corrected chi connectivity index (χ0v) is 24.1. The number of nitrogens with one attached hydrogen (secondary N) is 3. The number of amides is 2. The maximum absolute atomic E-state index is 12.1. The van der Waals surface area contributed by atoms with E-state index >= 15 is 0 Å². The molecule has 0 aliphatic rings. The fourth-order valence-corrected chi connectivity index (χ4v) is 5.85. The Kier molecular flexibility index (Phi) is 10.7. The Morgan fingerprint density at radius 1 is 0.810 bits per heavy atom. The number of thiazole rings is 1. The molecule has 0 unspecified atom stereocenters. The lowest BCUT2D eigenvalue weighted by molar-refractivity contribution is -0.138. The van der Waals surface area contributed by atoms with Crippen LogP contribution in [0.15, 0.2) is 100 Å². The maximum Gasteiger partial charge on any atom is 0.303 e. The number of hydrogen-bond donors (Lipinski definition) is 5. The number of carbonyl (C=O) groups excluding carboxylic acids is 2. The average molecular weight is 632 g/mol. The first-order chi connectivity index (χ1) is 19.9. The van der Waals surface area contributed by atoms with Crippen LogP contribution in [0.1, 0.15) is 23.2 Å². The van der Waals surface area contributed by atoms with Gasteiger partial charge in [-0.3, -0.25) is 19.1 Å². The average Bonchev–Trinajstić information content (AvgIpc) is 3.45. The lowest BCUT2D eigenvalue weighted by Crippen LogP contribution is -2.30. The molecule has 6 N–H and O–H groups in total. The van der Waals surface area contributed by atoms with Crippen molar-refractivity contribution in [1.29, 1.82) is 0 Å². The van der Waals surface area contributed by atoms with Crippen molar-refractivity contribution in [3.05, 3.63) is 96.0 Å². The second-order valence-corrected chi connectivity index (χ2v) is 12.5. The summed E-state index contributed by atoms with van der Waals surface area (Å²) in [6, 6.07) is 19.3. The molecule has 4 rings (SSSR count). The smallest absolute Gasteiger partial charge is 0.303 e. The van der Waals surface area contributed by atoms with Gasteiger partial charge in [0.05, 0.1) is 16.2 Å². The van der Waals surface area contributed by atoms with Crippen molar-refractivity contribution >= 4 is 65.7 Å². The van der Waals surface area contributed by atoms with Crippen LogP contribution in [0.25, 0.3) is 0 Å². The van der Waals surface area contributed by atoms with Crippen molar-refractivity contribution in [3.8, 4) is 0 Å². The molecule has 4 aromatic rings. The molecule has 1 heterocycles. The van der Waals surface area contributed by atoms with Crippen LogP contribution in [0, 0.1) is 0 Å². The monoisotopic (exact) mass is 631 g/mol. The van der Waals surface area contributed by atoms with Gasteiger partial charge in [-0.1, -0.05) is 18.2 Å². The zero-order chi connectivity index (χ0) is 30.8. The van der Waals surface area contributed by atoms with Gasteiger partial charge in [0.2, 0.25) is 5.91 Å². The number of nitrogens with two attached hydrogens (primary N) is 1. The summed E-state index contributed by atoms with van der Waals surface area (Å²) in [6.45, 7) is 0. The van der Waals surface area contributed by atoms with E-state index in [1.54, 1.807) is 23.6 Å². The molecule has 42 heavy (non-hydrogen) atoms. The number of carboxylic acids is 1. The van der Waals surface area contributed by atoms with E-state index in [1.165, 1.54) is 66.9 Å². The van der Waals surface area contributed by atoms with Crippen LogP contribution in [0.2, 0.25) is 0 Å². The second-order valence-electron chi connectivity index (χ2n) is 8.28. The van der Waals surface area contributed by atoms with Gasteiger partial charge in [-0.25, -0.2) is 26.5 Å². The Labute approximate surface area is 245 Å². The van der Waals surface area contributed by atoms with Crippen LogP contribution in [0.4, 0.5) is 16.5 Å². The molecule has 0 aliphatic heterocycles. The molecule has 16 heteroatoms. The van der Waals surface area contributed by atoms with Crippen LogP contribution >= 0.6 is 11.3 Å².